The second-order valence-electron chi connectivity index (χ2n) is 9.71. The van der Waals surface area contributed by atoms with E-state index < -0.39 is 0 Å². The van der Waals surface area contributed by atoms with Gasteiger partial charge in [-0.15, -0.1) is 0 Å². The summed E-state index contributed by atoms with van der Waals surface area (Å²) in [6.45, 7) is 5.58. The number of nitrogens with one attached hydrogen (secondary N) is 2. The lowest BCUT2D eigenvalue weighted by Crippen LogP contribution is -2.42. The molecular weight excluding hydrogens is 470 g/mol. The average molecular weight is 510 g/mol. The largest absolute Gasteiger partial charge is 0.331 e. The Balaban J connectivity index is 1.32. The summed E-state index contributed by atoms with van der Waals surface area (Å²) in [5.74, 6) is 0. The van der Waals surface area contributed by atoms with Gasteiger partial charge in [-0.3, -0.25) is 4.98 Å². The molecule has 1 atom stereocenters. The number of hydrogen-bond donors (Lipinski definition) is 3. The van der Waals surface area contributed by atoms with E-state index in [0.29, 0.717) is 19.6 Å². The molecule has 0 bridgehead atoms. The number of carbonyl (C=O) groups is 1. The maximum atomic E-state index is 13.3. The van der Waals surface area contributed by atoms with Crippen LogP contribution >= 0.6 is 0 Å². The molecule has 38 heavy (non-hydrogen) atoms. The maximum Gasteiger partial charge on any atom is 0.317 e. The highest BCUT2D eigenvalue weighted by Gasteiger charge is 2.18. The second-order valence-corrected chi connectivity index (χ2v) is 9.71. The number of amides is 2. The molecule has 4 N–H and O–H groups in total. The van der Waals surface area contributed by atoms with Gasteiger partial charge in [-0.1, -0.05) is 72.8 Å². The third kappa shape index (κ3) is 7.88. The summed E-state index contributed by atoms with van der Waals surface area (Å²) in [6.07, 6.45) is 4.42. The molecule has 6 heteroatoms. The van der Waals surface area contributed by atoms with Crippen LogP contribution < -0.4 is 16.4 Å². The van der Waals surface area contributed by atoms with Crippen molar-refractivity contribution in [3.8, 4) is 0 Å². The van der Waals surface area contributed by atoms with Gasteiger partial charge in [0.05, 0.1) is 11.7 Å². The molecule has 2 amide bonds. The number of nitrogens with two attached hydrogens (primary N) is 1. The minimum atomic E-state index is -0.0940. The van der Waals surface area contributed by atoms with Crippen molar-refractivity contribution in [3.63, 3.8) is 0 Å². The van der Waals surface area contributed by atoms with E-state index in [9.17, 15) is 4.79 Å². The van der Waals surface area contributed by atoms with E-state index in [2.05, 4.69) is 77.1 Å². The quantitative estimate of drug-likeness (QED) is 0.206. The van der Waals surface area contributed by atoms with Crippen LogP contribution in [0.25, 0.3) is 10.8 Å². The summed E-state index contributed by atoms with van der Waals surface area (Å²) in [6, 6.07) is 29.0. The molecule has 0 saturated carbocycles. The molecule has 198 valence electrons. The molecule has 1 heterocycles. The number of benzene rings is 3. The molecule has 3 aromatic carbocycles. The fourth-order valence-corrected chi connectivity index (χ4v) is 4.67. The Hall–Kier alpha value is -3.74. The van der Waals surface area contributed by atoms with Gasteiger partial charge in [0, 0.05) is 32.4 Å². The standard InChI is InChI=1S/C32H39N5O/c1-25(30-13-8-10-28-9-2-3-12-31(28)30)36-32(38)37(21-7-5-19-33)22-18-26-14-16-27(17-15-26)23-34-24-29-11-4-6-20-35-29/h2-4,6,8-17,20,25,34H,5,7,18-19,21-24,33H2,1H3,(H,36,38). The molecule has 0 radical (unpaired) electrons. The first-order valence-corrected chi connectivity index (χ1v) is 13.6. The van der Waals surface area contributed by atoms with E-state index in [4.69, 9.17) is 5.73 Å². The van der Waals surface area contributed by atoms with Crippen molar-refractivity contribution < 1.29 is 4.79 Å². The fraction of sp³-hybridized carbons (Fsp3) is 0.312. The number of hydrogen-bond acceptors (Lipinski definition) is 4. The molecule has 0 aliphatic heterocycles. The van der Waals surface area contributed by atoms with Crippen molar-refractivity contribution in [2.75, 3.05) is 19.6 Å². The van der Waals surface area contributed by atoms with Gasteiger partial charge in [-0.2, -0.15) is 0 Å². The molecule has 0 saturated heterocycles. The van der Waals surface area contributed by atoms with Crippen molar-refractivity contribution in [1.29, 1.82) is 0 Å². The van der Waals surface area contributed by atoms with Gasteiger partial charge in [-0.05, 0) is 72.3 Å². The lowest BCUT2D eigenvalue weighted by atomic mass is 10.00. The zero-order valence-corrected chi connectivity index (χ0v) is 22.3. The van der Waals surface area contributed by atoms with Gasteiger partial charge >= 0.3 is 6.03 Å². The average Bonchev–Trinajstić information content (AvgIpc) is 2.95. The van der Waals surface area contributed by atoms with Crippen molar-refractivity contribution in [1.82, 2.24) is 20.5 Å². The highest BCUT2D eigenvalue weighted by Crippen LogP contribution is 2.24. The predicted octanol–water partition coefficient (Wildman–Crippen LogP) is 5.58. The van der Waals surface area contributed by atoms with Gasteiger partial charge in [0.25, 0.3) is 0 Å². The van der Waals surface area contributed by atoms with E-state index in [-0.39, 0.29) is 12.1 Å². The van der Waals surface area contributed by atoms with Crippen LogP contribution in [-0.2, 0) is 19.5 Å². The molecule has 0 fully saturated rings. The number of pyridine rings is 1. The smallest absolute Gasteiger partial charge is 0.317 e. The van der Waals surface area contributed by atoms with Crippen LogP contribution in [0.4, 0.5) is 4.79 Å². The molecule has 0 aliphatic carbocycles. The summed E-state index contributed by atoms with van der Waals surface area (Å²) >= 11 is 0. The molecule has 1 aromatic heterocycles. The summed E-state index contributed by atoms with van der Waals surface area (Å²) in [5.41, 5.74) is 10.3. The lowest BCUT2D eigenvalue weighted by molar-refractivity contribution is 0.194. The molecule has 1 unspecified atom stereocenters. The summed E-state index contributed by atoms with van der Waals surface area (Å²) in [4.78, 5) is 19.6. The predicted molar refractivity (Wildman–Crippen MR) is 156 cm³/mol. The summed E-state index contributed by atoms with van der Waals surface area (Å²) in [7, 11) is 0. The Morgan fingerprint density at radius 2 is 1.63 bits per heavy atom. The monoisotopic (exact) mass is 509 g/mol. The Labute approximate surface area is 226 Å². The first-order valence-electron chi connectivity index (χ1n) is 13.6. The van der Waals surface area contributed by atoms with Crippen molar-refractivity contribution >= 4 is 16.8 Å². The van der Waals surface area contributed by atoms with Crippen LogP contribution in [0.15, 0.2) is 91.1 Å². The van der Waals surface area contributed by atoms with Crippen LogP contribution in [-0.4, -0.2) is 35.5 Å². The van der Waals surface area contributed by atoms with Crippen molar-refractivity contribution in [3.05, 3.63) is 114 Å². The zero-order chi connectivity index (χ0) is 26.6. The molecule has 0 spiro atoms. The van der Waals surface area contributed by atoms with Gasteiger partial charge in [0.1, 0.15) is 0 Å². The van der Waals surface area contributed by atoms with Crippen molar-refractivity contribution in [2.24, 2.45) is 5.73 Å². The van der Waals surface area contributed by atoms with Crippen LogP contribution in [0.2, 0.25) is 0 Å². The Bertz CT molecular complexity index is 1270. The van der Waals surface area contributed by atoms with E-state index in [1.165, 1.54) is 21.9 Å². The number of fused-ring (bicyclic) bond motifs is 1. The number of urea groups is 1. The highest BCUT2D eigenvalue weighted by molar-refractivity contribution is 5.86. The fourth-order valence-electron chi connectivity index (χ4n) is 4.67. The first kappa shape index (κ1) is 27.3. The van der Waals surface area contributed by atoms with Crippen LogP contribution in [0, 0.1) is 0 Å². The number of rotatable bonds is 13. The highest BCUT2D eigenvalue weighted by atomic mass is 16.2. The SMILES string of the molecule is CC(NC(=O)N(CCCCN)CCc1ccc(CNCc2ccccn2)cc1)c1cccc2ccccc12. The second kappa shape index (κ2) is 14.3. The zero-order valence-electron chi connectivity index (χ0n) is 22.3. The summed E-state index contributed by atoms with van der Waals surface area (Å²) < 4.78 is 0. The Morgan fingerprint density at radius 3 is 2.42 bits per heavy atom. The first-order chi connectivity index (χ1) is 18.6. The normalized spacial score (nSPS) is 11.8. The van der Waals surface area contributed by atoms with Crippen LogP contribution in [0.3, 0.4) is 0 Å². The van der Waals surface area contributed by atoms with Gasteiger partial charge < -0.3 is 21.3 Å². The van der Waals surface area contributed by atoms with Gasteiger partial charge in [0.2, 0.25) is 0 Å². The van der Waals surface area contributed by atoms with Crippen LogP contribution in [0.5, 0.6) is 0 Å². The van der Waals surface area contributed by atoms with E-state index in [1.54, 1.807) is 0 Å². The molecule has 6 nitrogen and oxygen atoms in total. The third-order valence-corrected chi connectivity index (χ3v) is 6.85. The lowest BCUT2D eigenvalue weighted by Gasteiger charge is -2.26. The van der Waals surface area contributed by atoms with Gasteiger partial charge in [0.15, 0.2) is 0 Å². The topological polar surface area (TPSA) is 83.3 Å². The van der Waals surface area contributed by atoms with E-state index >= 15 is 0 Å². The number of aromatic nitrogens is 1. The van der Waals surface area contributed by atoms with Crippen molar-refractivity contribution in [2.45, 2.75) is 45.3 Å². The molecule has 4 aromatic rings. The number of nitrogens with zero attached hydrogens (tertiary/aromatic N) is 2. The third-order valence-electron chi connectivity index (χ3n) is 6.85. The summed E-state index contributed by atoms with van der Waals surface area (Å²) in [5, 5.41) is 9.03. The Morgan fingerprint density at radius 1 is 0.868 bits per heavy atom. The Kier molecular flexibility index (Phi) is 10.2. The van der Waals surface area contributed by atoms with Gasteiger partial charge in [-0.25, -0.2) is 4.79 Å². The minimum absolute atomic E-state index is 0.0298. The molecule has 0 aliphatic rings. The van der Waals surface area contributed by atoms with E-state index in [1.807, 2.05) is 41.4 Å². The van der Waals surface area contributed by atoms with E-state index in [0.717, 1.165) is 43.6 Å². The molecule has 4 rings (SSSR count). The number of unbranched alkanes of at least 4 members (excludes halogenated alkanes) is 1. The molecular formula is C32H39N5O. The van der Waals surface area contributed by atoms with Crippen LogP contribution in [0.1, 0.15) is 48.2 Å². The number of carbonyl (C=O) groups excluding carboxylic acids is 1. The maximum absolute atomic E-state index is 13.3. The minimum Gasteiger partial charge on any atom is -0.331 e.